The first-order valence-electron chi connectivity index (χ1n) is 7.16. The predicted molar refractivity (Wildman–Crippen MR) is 91.4 cm³/mol. The van der Waals surface area contributed by atoms with Crippen LogP contribution < -0.4 is 10.9 Å². The van der Waals surface area contributed by atoms with Crippen molar-refractivity contribution in [3.63, 3.8) is 0 Å². The minimum atomic E-state index is -1.22. The molecule has 3 aromatic rings. The highest BCUT2D eigenvalue weighted by Gasteiger charge is 2.26. The zero-order chi connectivity index (χ0) is 19.0. The van der Waals surface area contributed by atoms with Crippen LogP contribution in [0.2, 0.25) is 0 Å². The standard InChI is InChI=1S/C17H10N6O3/c18-6-8-5-11-13(14(12(8)7-19)23(21)17(26)22-20)16(25)10-4-2-1-3-9(10)15(11)24/h1-5,20,24-25H,21H2. The lowest BCUT2D eigenvalue weighted by atomic mass is 9.94. The van der Waals surface area contributed by atoms with Crippen LogP contribution in [0.5, 0.6) is 11.5 Å². The Morgan fingerprint density at radius 1 is 1.12 bits per heavy atom. The number of benzene rings is 3. The number of anilines is 1. The van der Waals surface area contributed by atoms with E-state index in [0.717, 1.165) is 0 Å². The van der Waals surface area contributed by atoms with Crippen LogP contribution in [0.1, 0.15) is 11.1 Å². The zero-order valence-corrected chi connectivity index (χ0v) is 13.1. The lowest BCUT2D eigenvalue weighted by molar-refractivity contribution is 0.252. The quantitative estimate of drug-likeness (QED) is 0.132. The third-order valence-electron chi connectivity index (χ3n) is 4.01. The molecule has 0 atom stereocenters. The zero-order valence-electron chi connectivity index (χ0n) is 13.1. The van der Waals surface area contributed by atoms with Crippen LogP contribution in [-0.4, -0.2) is 16.2 Å². The number of carbonyl (C=O) groups excluding carboxylic acids is 1. The maximum atomic E-state index is 11.8. The van der Waals surface area contributed by atoms with Crippen molar-refractivity contribution >= 4 is 33.3 Å². The van der Waals surface area contributed by atoms with E-state index in [1.807, 2.05) is 0 Å². The highest BCUT2D eigenvalue weighted by molar-refractivity contribution is 6.18. The van der Waals surface area contributed by atoms with E-state index in [1.165, 1.54) is 12.1 Å². The molecule has 0 aliphatic rings. The van der Waals surface area contributed by atoms with Crippen LogP contribution in [0.3, 0.4) is 0 Å². The fourth-order valence-electron chi connectivity index (χ4n) is 2.86. The molecule has 3 rings (SSSR count). The van der Waals surface area contributed by atoms with Crippen LogP contribution in [0.4, 0.5) is 10.5 Å². The van der Waals surface area contributed by atoms with Gasteiger partial charge in [0, 0.05) is 16.2 Å². The number of carbonyl (C=O) groups is 1. The summed E-state index contributed by atoms with van der Waals surface area (Å²) in [5.41, 5.74) is 6.08. The molecule has 5 N–H and O–H groups in total. The maximum absolute atomic E-state index is 11.8. The van der Waals surface area contributed by atoms with Gasteiger partial charge in [-0.05, 0) is 6.07 Å². The van der Waals surface area contributed by atoms with Gasteiger partial charge in [-0.15, -0.1) is 0 Å². The van der Waals surface area contributed by atoms with Gasteiger partial charge in [-0.3, -0.25) is 0 Å². The minimum Gasteiger partial charge on any atom is -0.507 e. The number of fused-ring (bicyclic) bond motifs is 2. The second kappa shape index (κ2) is 6.02. The second-order valence-corrected chi connectivity index (χ2v) is 5.30. The molecule has 0 spiro atoms. The van der Waals surface area contributed by atoms with Gasteiger partial charge < -0.3 is 10.2 Å². The summed E-state index contributed by atoms with van der Waals surface area (Å²) in [5.74, 6) is 5.11. The van der Waals surface area contributed by atoms with Crippen LogP contribution in [0.15, 0.2) is 35.4 Å². The lowest BCUT2D eigenvalue weighted by Gasteiger charge is -2.20. The number of nitrogens with one attached hydrogen (secondary N) is 1. The molecule has 0 radical (unpaired) electrons. The smallest absolute Gasteiger partial charge is 0.380 e. The molecule has 3 aromatic carbocycles. The second-order valence-electron chi connectivity index (χ2n) is 5.30. The summed E-state index contributed by atoms with van der Waals surface area (Å²) in [7, 11) is 0. The topological polar surface area (TPSA) is 171 Å². The Labute approximate surface area is 146 Å². The van der Waals surface area contributed by atoms with Crippen molar-refractivity contribution in [1.29, 1.82) is 16.1 Å². The van der Waals surface area contributed by atoms with Gasteiger partial charge in [-0.25, -0.2) is 15.6 Å². The number of hydrazine groups is 1. The first kappa shape index (κ1) is 16.6. The summed E-state index contributed by atoms with van der Waals surface area (Å²) in [6, 6.07) is 9.97. The molecule has 0 bridgehead atoms. The Kier molecular flexibility index (Phi) is 3.85. The SMILES string of the molecule is N#Cc1cc2c(O)c3ccccc3c(O)c2c(N(N)C(=O)N=N)c1C#N. The summed E-state index contributed by atoms with van der Waals surface area (Å²) in [4.78, 5) is 11.8. The van der Waals surface area contributed by atoms with E-state index in [4.69, 9.17) is 11.4 Å². The van der Waals surface area contributed by atoms with Gasteiger partial charge in [0.1, 0.15) is 23.6 Å². The minimum absolute atomic E-state index is 0.0278. The Balaban J connectivity index is 2.66. The third-order valence-corrected chi connectivity index (χ3v) is 4.01. The van der Waals surface area contributed by atoms with E-state index >= 15 is 0 Å². The molecule has 126 valence electrons. The first-order chi connectivity index (χ1) is 12.5. The van der Waals surface area contributed by atoms with Crippen LogP contribution in [0, 0.1) is 28.2 Å². The van der Waals surface area contributed by atoms with Gasteiger partial charge in [0.15, 0.2) is 0 Å². The number of urea groups is 1. The molecule has 9 nitrogen and oxygen atoms in total. The first-order valence-corrected chi connectivity index (χ1v) is 7.16. The molecule has 0 saturated heterocycles. The van der Waals surface area contributed by atoms with Crippen LogP contribution in [0.25, 0.3) is 21.5 Å². The molecule has 0 heterocycles. The fraction of sp³-hybridized carbons (Fsp3) is 0. The number of amides is 2. The number of hydrogen-bond donors (Lipinski definition) is 4. The van der Waals surface area contributed by atoms with Gasteiger partial charge >= 0.3 is 6.03 Å². The van der Waals surface area contributed by atoms with Crippen molar-refractivity contribution in [2.75, 3.05) is 5.01 Å². The molecular formula is C17H10N6O3. The number of phenolic OH excluding ortho intramolecular Hbond substituents is 2. The number of nitrogens with two attached hydrogens (primary N) is 1. The van der Waals surface area contributed by atoms with E-state index < -0.39 is 6.03 Å². The Bertz CT molecular complexity index is 1190. The molecule has 9 heteroatoms. The molecular weight excluding hydrogens is 336 g/mol. The number of rotatable bonds is 1. The normalized spacial score (nSPS) is 10.3. The molecule has 0 fully saturated rings. The number of hydrogen-bond acceptors (Lipinski definition) is 7. The molecule has 0 aromatic heterocycles. The number of aromatic hydroxyl groups is 2. The molecule has 2 amide bonds. The molecule has 0 aliphatic heterocycles. The monoisotopic (exact) mass is 346 g/mol. The van der Waals surface area contributed by atoms with Crippen molar-refractivity contribution in [2.45, 2.75) is 0 Å². The largest absolute Gasteiger partial charge is 0.507 e. The molecule has 26 heavy (non-hydrogen) atoms. The summed E-state index contributed by atoms with van der Waals surface area (Å²) in [6.45, 7) is 0. The fourth-order valence-corrected chi connectivity index (χ4v) is 2.86. The van der Waals surface area contributed by atoms with Gasteiger partial charge in [0.25, 0.3) is 0 Å². The van der Waals surface area contributed by atoms with Crippen molar-refractivity contribution in [3.05, 3.63) is 41.5 Å². The van der Waals surface area contributed by atoms with Crippen molar-refractivity contribution in [3.8, 4) is 23.6 Å². The lowest BCUT2D eigenvalue weighted by Crippen LogP contribution is -2.36. The Hall–Kier alpha value is -4.21. The summed E-state index contributed by atoms with van der Waals surface area (Å²) >= 11 is 0. The van der Waals surface area contributed by atoms with Gasteiger partial charge in [-0.1, -0.05) is 29.4 Å². The van der Waals surface area contributed by atoms with Gasteiger partial charge in [0.2, 0.25) is 0 Å². The van der Waals surface area contributed by atoms with Crippen LogP contribution in [-0.2, 0) is 0 Å². The number of phenols is 2. The number of nitrogens with zero attached hydrogens (tertiary/aromatic N) is 4. The highest BCUT2D eigenvalue weighted by atomic mass is 16.3. The average Bonchev–Trinajstić information content (AvgIpc) is 2.69. The van der Waals surface area contributed by atoms with Crippen molar-refractivity contribution in [2.24, 2.45) is 11.0 Å². The van der Waals surface area contributed by atoms with E-state index in [2.05, 4.69) is 5.11 Å². The third kappa shape index (κ3) is 2.17. The maximum Gasteiger partial charge on any atom is 0.380 e. The predicted octanol–water partition coefficient (Wildman–Crippen LogP) is 2.98. The van der Waals surface area contributed by atoms with E-state index in [0.29, 0.717) is 10.4 Å². The molecule has 0 unspecified atom stereocenters. The van der Waals surface area contributed by atoms with Crippen molar-refractivity contribution in [1.82, 2.24) is 0 Å². The average molecular weight is 346 g/mol. The summed E-state index contributed by atoms with van der Waals surface area (Å²) in [5, 5.41) is 43.7. The van der Waals surface area contributed by atoms with Gasteiger partial charge in [0.05, 0.1) is 22.2 Å². The highest BCUT2D eigenvalue weighted by Crippen LogP contribution is 2.47. The summed E-state index contributed by atoms with van der Waals surface area (Å²) in [6.07, 6.45) is 0. The van der Waals surface area contributed by atoms with Crippen molar-refractivity contribution < 1.29 is 15.0 Å². The van der Waals surface area contributed by atoms with E-state index in [9.17, 15) is 25.5 Å². The van der Waals surface area contributed by atoms with Gasteiger partial charge in [-0.2, -0.15) is 16.1 Å². The Morgan fingerprint density at radius 2 is 1.73 bits per heavy atom. The molecule has 0 aliphatic carbocycles. The van der Waals surface area contributed by atoms with E-state index in [1.54, 1.807) is 30.3 Å². The Morgan fingerprint density at radius 3 is 2.27 bits per heavy atom. The molecule has 0 saturated carbocycles. The van der Waals surface area contributed by atoms with E-state index in [-0.39, 0.29) is 44.5 Å². The number of nitriles is 2. The summed E-state index contributed by atoms with van der Waals surface area (Å²) < 4.78 is 0. The van der Waals surface area contributed by atoms with Crippen LogP contribution >= 0.6 is 0 Å².